The summed E-state index contributed by atoms with van der Waals surface area (Å²) in [6, 6.07) is 18.3. The molecule has 0 aliphatic carbocycles. The molecule has 3 aromatic carbocycles. The zero-order valence-electron chi connectivity index (χ0n) is 15.0. The molecule has 6 heteroatoms. The Hall–Kier alpha value is -2.82. The molecule has 0 atom stereocenters. The van der Waals surface area contributed by atoms with Crippen molar-refractivity contribution in [1.29, 1.82) is 0 Å². The minimum atomic E-state index is -0.256. The molecule has 0 saturated carbocycles. The highest BCUT2D eigenvalue weighted by Crippen LogP contribution is 2.24. The summed E-state index contributed by atoms with van der Waals surface area (Å²) in [7, 11) is 0. The van der Waals surface area contributed by atoms with Crippen LogP contribution < -0.4 is 5.32 Å². The fourth-order valence-corrected chi connectivity index (χ4v) is 3.23. The Bertz CT molecular complexity index is 1180. The van der Waals surface area contributed by atoms with Crippen molar-refractivity contribution in [3.63, 3.8) is 0 Å². The summed E-state index contributed by atoms with van der Waals surface area (Å²) in [4.78, 5) is 17.0. The molecule has 1 N–H and O–H groups in total. The Balaban J connectivity index is 1.51. The van der Waals surface area contributed by atoms with Gasteiger partial charge in [-0.1, -0.05) is 41.4 Å². The van der Waals surface area contributed by atoms with Crippen molar-refractivity contribution in [2.45, 2.75) is 13.3 Å². The van der Waals surface area contributed by atoms with E-state index in [0.717, 1.165) is 22.2 Å². The number of carbonyl (C=O) groups is 1. The Labute approximate surface area is 172 Å². The van der Waals surface area contributed by atoms with Gasteiger partial charge < -0.3 is 9.73 Å². The van der Waals surface area contributed by atoms with Gasteiger partial charge in [-0.2, -0.15) is 0 Å². The largest absolute Gasteiger partial charge is 0.440 e. The van der Waals surface area contributed by atoms with E-state index in [4.69, 9.17) is 27.6 Å². The van der Waals surface area contributed by atoms with Crippen LogP contribution in [0.4, 0.5) is 5.69 Å². The van der Waals surface area contributed by atoms with Crippen LogP contribution in [0.25, 0.3) is 11.1 Å². The molecule has 1 heterocycles. The molecule has 1 aromatic heterocycles. The van der Waals surface area contributed by atoms with E-state index in [1.54, 1.807) is 18.2 Å². The number of aryl methyl sites for hydroxylation is 1. The number of oxazole rings is 1. The quantitative estimate of drug-likeness (QED) is 0.430. The van der Waals surface area contributed by atoms with Crippen LogP contribution in [0.3, 0.4) is 0 Å². The number of nitrogens with zero attached hydrogens (tertiary/aromatic N) is 1. The predicted molar refractivity (Wildman–Crippen MR) is 112 cm³/mol. The van der Waals surface area contributed by atoms with E-state index in [9.17, 15) is 4.79 Å². The number of benzene rings is 3. The second-order valence-electron chi connectivity index (χ2n) is 6.54. The van der Waals surface area contributed by atoms with Crippen LogP contribution in [0.1, 0.15) is 27.4 Å². The molecule has 0 radical (unpaired) electrons. The van der Waals surface area contributed by atoms with E-state index in [-0.39, 0.29) is 5.91 Å². The van der Waals surface area contributed by atoms with Gasteiger partial charge in [-0.15, -0.1) is 0 Å². The Morgan fingerprint density at radius 1 is 1.04 bits per heavy atom. The number of rotatable bonds is 4. The van der Waals surface area contributed by atoms with E-state index in [0.29, 0.717) is 33.6 Å². The molecular formula is C22H16Cl2N2O2. The third kappa shape index (κ3) is 4.03. The number of hydrogen-bond donors (Lipinski definition) is 1. The summed E-state index contributed by atoms with van der Waals surface area (Å²) in [6.45, 7) is 2.02. The van der Waals surface area contributed by atoms with Gasteiger partial charge in [-0.05, 0) is 60.5 Å². The van der Waals surface area contributed by atoms with Gasteiger partial charge in [0.15, 0.2) is 11.5 Å². The minimum Gasteiger partial charge on any atom is -0.440 e. The molecule has 28 heavy (non-hydrogen) atoms. The highest BCUT2D eigenvalue weighted by Gasteiger charge is 2.10. The third-order valence-electron chi connectivity index (χ3n) is 4.31. The fraction of sp³-hybridized carbons (Fsp3) is 0.0909. The Kier molecular flexibility index (Phi) is 5.07. The summed E-state index contributed by atoms with van der Waals surface area (Å²) >= 11 is 11.9. The normalized spacial score (nSPS) is 11.0. The summed E-state index contributed by atoms with van der Waals surface area (Å²) in [6.07, 6.45) is 0.532. The second-order valence-corrected chi connectivity index (χ2v) is 7.35. The molecule has 4 nitrogen and oxygen atoms in total. The van der Waals surface area contributed by atoms with Crippen LogP contribution in [0, 0.1) is 6.92 Å². The maximum Gasteiger partial charge on any atom is 0.255 e. The lowest BCUT2D eigenvalue weighted by Gasteiger charge is -2.07. The molecule has 1 amide bonds. The van der Waals surface area contributed by atoms with Gasteiger partial charge in [-0.25, -0.2) is 4.98 Å². The zero-order chi connectivity index (χ0) is 19.7. The molecule has 0 fully saturated rings. The van der Waals surface area contributed by atoms with Gasteiger partial charge >= 0.3 is 0 Å². The van der Waals surface area contributed by atoms with Crippen molar-refractivity contribution >= 4 is 45.9 Å². The fourth-order valence-electron chi connectivity index (χ4n) is 2.93. The lowest BCUT2D eigenvalue weighted by atomic mass is 10.1. The lowest BCUT2D eigenvalue weighted by molar-refractivity contribution is 0.102. The maximum atomic E-state index is 12.5. The number of amides is 1. The summed E-state index contributed by atoms with van der Waals surface area (Å²) in [5, 5.41) is 3.63. The number of aromatic nitrogens is 1. The summed E-state index contributed by atoms with van der Waals surface area (Å²) in [5.41, 5.74) is 4.84. The van der Waals surface area contributed by atoms with Gasteiger partial charge in [-0.3, -0.25) is 4.79 Å². The topological polar surface area (TPSA) is 55.1 Å². The van der Waals surface area contributed by atoms with Crippen LogP contribution in [0.15, 0.2) is 65.1 Å². The number of fused-ring (bicyclic) bond motifs is 1. The second kappa shape index (κ2) is 7.66. The average Bonchev–Trinajstić information content (AvgIpc) is 3.05. The third-order valence-corrected chi connectivity index (χ3v) is 5.05. The van der Waals surface area contributed by atoms with Crippen LogP contribution in [0.5, 0.6) is 0 Å². The lowest BCUT2D eigenvalue weighted by Crippen LogP contribution is -2.12. The molecule has 0 spiro atoms. The molecular weight excluding hydrogens is 395 g/mol. The first kappa shape index (κ1) is 18.5. The molecule has 0 bridgehead atoms. The standard InChI is InChI=1S/C22H16Cl2N2O2/c1-13-5-8-19-20(9-13)28-21(26-19)11-14-3-2-4-16(10-14)25-22(27)15-6-7-17(23)18(24)12-15/h2-10,12H,11H2,1H3,(H,25,27). The van der Waals surface area contributed by atoms with Crippen molar-refractivity contribution in [1.82, 2.24) is 4.98 Å². The van der Waals surface area contributed by atoms with E-state index in [1.807, 2.05) is 49.4 Å². The van der Waals surface area contributed by atoms with Crippen LogP contribution in [0.2, 0.25) is 10.0 Å². The van der Waals surface area contributed by atoms with E-state index in [1.165, 1.54) is 0 Å². The average molecular weight is 411 g/mol. The van der Waals surface area contributed by atoms with Crippen LogP contribution in [-0.2, 0) is 6.42 Å². The van der Waals surface area contributed by atoms with Crippen molar-refractivity contribution < 1.29 is 9.21 Å². The number of anilines is 1. The summed E-state index contributed by atoms with van der Waals surface area (Å²) in [5.74, 6) is 0.376. The number of hydrogen-bond acceptors (Lipinski definition) is 3. The number of nitrogens with one attached hydrogen (secondary N) is 1. The zero-order valence-corrected chi connectivity index (χ0v) is 16.5. The Morgan fingerprint density at radius 2 is 1.89 bits per heavy atom. The van der Waals surface area contributed by atoms with Crippen LogP contribution >= 0.6 is 23.2 Å². The maximum absolute atomic E-state index is 12.5. The molecule has 0 aliphatic rings. The Morgan fingerprint density at radius 3 is 2.71 bits per heavy atom. The van der Waals surface area contributed by atoms with Crippen molar-refractivity contribution in [3.05, 3.63) is 93.3 Å². The highest BCUT2D eigenvalue weighted by molar-refractivity contribution is 6.42. The molecule has 4 aromatic rings. The van der Waals surface area contributed by atoms with Gasteiger partial charge in [0.1, 0.15) is 5.52 Å². The first-order chi connectivity index (χ1) is 13.5. The number of carbonyl (C=O) groups excluding carboxylic acids is 1. The first-order valence-electron chi connectivity index (χ1n) is 8.69. The predicted octanol–water partition coefficient (Wildman–Crippen LogP) is 6.29. The molecule has 140 valence electrons. The molecule has 0 unspecified atom stereocenters. The van der Waals surface area contributed by atoms with E-state index in [2.05, 4.69) is 10.3 Å². The van der Waals surface area contributed by atoms with Gasteiger partial charge in [0.25, 0.3) is 5.91 Å². The first-order valence-corrected chi connectivity index (χ1v) is 9.45. The highest BCUT2D eigenvalue weighted by atomic mass is 35.5. The molecule has 0 aliphatic heterocycles. The van der Waals surface area contributed by atoms with Gasteiger partial charge in [0.2, 0.25) is 0 Å². The van der Waals surface area contributed by atoms with Crippen molar-refractivity contribution in [2.75, 3.05) is 5.32 Å². The van der Waals surface area contributed by atoms with E-state index >= 15 is 0 Å². The summed E-state index contributed by atoms with van der Waals surface area (Å²) < 4.78 is 5.84. The molecule has 0 saturated heterocycles. The van der Waals surface area contributed by atoms with Crippen molar-refractivity contribution in [3.8, 4) is 0 Å². The number of halogens is 2. The van der Waals surface area contributed by atoms with Crippen molar-refractivity contribution in [2.24, 2.45) is 0 Å². The van der Waals surface area contributed by atoms with E-state index < -0.39 is 0 Å². The molecule has 4 rings (SSSR count). The minimum absolute atomic E-state index is 0.256. The van der Waals surface area contributed by atoms with Gasteiger partial charge in [0, 0.05) is 17.7 Å². The van der Waals surface area contributed by atoms with Gasteiger partial charge in [0.05, 0.1) is 10.0 Å². The van der Waals surface area contributed by atoms with Crippen LogP contribution in [-0.4, -0.2) is 10.9 Å². The monoisotopic (exact) mass is 410 g/mol. The SMILES string of the molecule is Cc1ccc2nc(Cc3cccc(NC(=O)c4ccc(Cl)c(Cl)c4)c3)oc2c1. The smallest absolute Gasteiger partial charge is 0.255 e.